The van der Waals surface area contributed by atoms with Gasteiger partial charge in [-0.15, -0.1) is 0 Å². The van der Waals surface area contributed by atoms with E-state index in [2.05, 4.69) is 15.3 Å². The lowest BCUT2D eigenvalue weighted by Crippen LogP contribution is -2.12. The summed E-state index contributed by atoms with van der Waals surface area (Å²) in [5.41, 5.74) is -0.307. The van der Waals surface area contributed by atoms with Gasteiger partial charge in [0.2, 0.25) is 5.82 Å². The first-order chi connectivity index (χ1) is 9.13. The van der Waals surface area contributed by atoms with Crippen LogP contribution in [-0.4, -0.2) is 49.4 Å². The molecule has 0 atom stereocenters. The van der Waals surface area contributed by atoms with Crippen molar-refractivity contribution < 1.29 is 19.1 Å². The molecule has 0 radical (unpaired) electrons. The summed E-state index contributed by atoms with van der Waals surface area (Å²) >= 11 is 0. The van der Waals surface area contributed by atoms with Crippen LogP contribution in [0.15, 0.2) is 0 Å². The van der Waals surface area contributed by atoms with E-state index in [9.17, 15) is 10.1 Å². The Hall–Kier alpha value is -2.00. The number of anilines is 1. The van der Waals surface area contributed by atoms with Gasteiger partial charge in [0.1, 0.15) is 13.2 Å². The highest BCUT2D eigenvalue weighted by Crippen LogP contribution is 2.31. The summed E-state index contributed by atoms with van der Waals surface area (Å²) in [6.45, 7) is 0.590. The molecule has 0 aliphatic carbocycles. The highest BCUT2D eigenvalue weighted by Gasteiger charge is 2.25. The van der Waals surface area contributed by atoms with Crippen LogP contribution in [0.25, 0.3) is 0 Å². The molecule has 0 aliphatic heterocycles. The summed E-state index contributed by atoms with van der Waals surface area (Å²) < 4.78 is 15.0. The third-order valence-corrected chi connectivity index (χ3v) is 2.12. The monoisotopic (exact) mass is 272 g/mol. The summed E-state index contributed by atoms with van der Waals surface area (Å²) in [5, 5.41) is 13.7. The maximum atomic E-state index is 11.0. The van der Waals surface area contributed by atoms with Crippen LogP contribution >= 0.6 is 0 Å². The summed E-state index contributed by atoms with van der Waals surface area (Å²) in [6, 6.07) is 0. The van der Waals surface area contributed by atoms with Gasteiger partial charge < -0.3 is 19.5 Å². The Bertz CT molecular complexity index is 440. The first-order valence-electron chi connectivity index (χ1n) is 5.47. The molecule has 1 aromatic rings. The lowest BCUT2D eigenvalue weighted by Gasteiger charge is -2.09. The molecule has 1 rings (SSSR count). The summed E-state index contributed by atoms with van der Waals surface area (Å²) in [6.07, 6.45) is 0. The van der Waals surface area contributed by atoms with Crippen LogP contribution in [0.5, 0.6) is 5.88 Å². The molecule has 0 saturated heterocycles. The smallest absolute Gasteiger partial charge is 0.372 e. The lowest BCUT2D eigenvalue weighted by molar-refractivity contribution is -0.385. The van der Waals surface area contributed by atoms with E-state index < -0.39 is 4.92 Å². The molecule has 0 amide bonds. The topological polar surface area (TPSA) is 109 Å². The van der Waals surface area contributed by atoms with Gasteiger partial charge in [0.15, 0.2) is 5.82 Å². The largest absolute Gasteiger partial charge is 0.470 e. The molecular weight excluding hydrogens is 256 g/mol. The predicted molar refractivity (Wildman–Crippen MR) is 66.3 cm³/mol. The Morgan fingerprint density at radius 2 is 2.00 bits per heavy atom. The van der Waals surface area contributed by atoms with Crippen LogP contribution in [0.2, 0.25) is 0 Å². The Kier molecular flexibility index (Phi) is 5.90. The van der Waals surface area contributed by atoms with Gasteiger partial charge in [-0.05, 0) is 0 Å². The van der Waals surface area contributed by atoms with Crippen molar-refractivity contribution in [3.8, 4) is 5.88 Å². The van der Waals surface area contributed by atoms with Gasteiger partial charge in [-0.25, -0.2) is 4.98 Å². The number of methoxy groups -OCH3 is 2. The fraction of sp³-hybridized carbons (Fsp3) is 0.600. The zero-order chi connectivity index (χ0) is 14.3. The van der Waals surface area contributed by atoms with E-state index >= 15 is 0 Å². The van der Waals surface area contributed by atoms with E-state index in [1.165, 1.54) is 21.3 Å². The third-order valence-electron chi connectivity index (χ3n) is 2.12. The van der Waals surface area contributed by atoms with E-state index in [1.54, 1.807) is 0 Å². The quantitative estimate of drug-likeness (QED) is 0.416. The highest BCUT2D eigenvalue weighted by molar-refractivity contribution is 5.61. The van der Waals surface area contributed by atoms with Crippen molar-refractivity contribution in [2.75, 3.05) is 39.8 Å². The summed E-state index contributed by atoms with van der Waals surface area (Å²) in [7, 11) is 4.52. The lowest BCUT2D eigenvalue weighted by atomic mass is 10.4. The van der Waals surface area contributed by atoms with E-state index in [0.717, 1.165) is 0 Å². The molecule has 106 valence electrons. The maximum Gasteiger partial charge on any atom is 0.372 e. The van der Waals surface area contributed by atoms with Crippen LogP contribution in [0.4, 0.5) is 11.5 Å². The van der Waals surface area contributed by atoms with Gasteiger partial charge in [-0.3, -0.25) is 10.1 Å². The number of aromatic nitrogens is 2. The van der Waals surface area contributed by atoms with Crippen LogP contribution in [-0.2, 0) is 16.1 Å². The first-order valence-corrected chi connectivity index (χ1v) is 5.47. The van der Waals surface area contributed by atoms with E-state index in [4.69, 9.17) is 14.2 Å². The van der Waals surface area contributed by atoms with Crippen LogP contribution in [0.1, 0.15) is 5.82 Å². The molecular formula is C10H16N4O5. The molecule has 1 N–H and O–H groups in total. The summed E-state index contributed by atoms with van der Waals surface area (Å²) in [4.78, 5) is 18.4. The Labute approximate surface area is 110 Å². The molecule has 9 nitrogen and oxygen atoms in total. The number of hydrogen-bond acceptors (Lipinski definition) is 8. The van der Waals surface area contributed by atoms with Gasteiger partial charge in [-0.2, -0.15) is 4.98 Å². The fourth-order valence-electron chi connectivity index (χ4n) is 1.33. The number of hydrogen-bond donors (Lipinski definition) is 1. The predicted octanol–water partition coefficient (Wildman–Crippen LogP) is 0.598. The molecule has 1 heterocycles. The minimum atomic E-state index is -0.593. The van der Waals surface area contributed by atoms with Gasteiger partial charge in [0.05, 0.1) is 11.5 Å². The number of ether oxygens (including phenoxy) is 3. The Balaban J connectivity index is 3.12. The Morgan fingerprint density at radius 1 is 1.26 bits per heavy atom. The number of nitrogens with zero attached hydrogens (tertiary/aromatic N) is 3. The van der Waals surface area contributed by atoms with E-state index in [0.29, 0.717) is 12.4 Å². The van der Waals surface area contributed by atoms with Crippen LogP contribution in [0.3, 0.4) is 0 Å². The average molecular weight is 272 g/mol. The van der Waals surface area contributed by atoms with E-state index in [1.807, 2.05) is 0 Å². The van der Waals surface area contributed by atoms with Gasteiger partial charge in [0.25, 0.3) is 5.88 Å². The second kappa shape index (κ2) is 7.44. The molecule has 0 fully saturated rings. The minimum Gasteiger partial charge on any atom is -0.470 e. The highest BCUT2D eigenvalue weighted by atomic mass is 16.6. The molecule has 1 aromatic heterocycles. The molecule has 0 aliphatic rings. The van der Waals surface area contributed by atoms with Crippen molar-refractivity contribution in [1.29, 1.82) is 0 Å². The molecule has 0 spiro atoms. The molecule has 0 bridgehead atoms. The number of rotatable bonds is 8. The van der Waals surface area contributed by atoms with Gasteiger partial charge in [0, 0.05) is 21.3 Å². The normalized spacial score (nSPS) is 10.3. The SMILES string of the molecule is CNc1nc(COC)nc(OCCOC)c1[N+](=O)[O-]. The Morgan fingerprint density at radius 3 is 2.53 bits per heavy atom. The average Bonchev–Trinajstić information content (AvgIpc) is 2.38. The zero-order valence-electron chi connectivity index (χ0n) is 11.0. The van der Waals surface area contributed by atoms with Crippen molar-refractivity contribution in [3.63, 3.8) is 0 Å². The number of nitro groups is 1. The standard InChI is InChI=1S/C10H16N4O5/c1-11-9-8(14(15)16)10(19-5-4-17-2)13-7(12-9)6-18-3/h4-6H2,1-3H3,(H,11,12,13). The molecule has 0 saturated carbocycles. The molecule has 19 heavy (non-hydrogen) atoms. The maximum absolute atomic E-state index is 11.0. The second-order valence-electron chi connectivity index (χ2n) is 3.42. The minimum absolute atomic E-state index is 0.0828. The van der Waals surface area contributed by atoms with Crippen molar-refractivity contribution in [2.24, 2.45) is 0 Å². The molecule has 0 unspecified atom stereocenters. The molecule has 0 aromatic carbocycles. The van der Waals surface area contributed by atoms with E-state index in [-0.39, 0.29) is 30.6 Å². The molecule has 9 heteroatoms. The fourth-order valence-corrected chi connectivity index (χ4v) is 1.33. The van der Waals surface area contributed by atoms with Gasteiger partial charge in [-0.1, -0.05) is 0 Å². The second-order valence-corrected chi connectivity index (χ2v) is 3.42. The third kappa shape index (κ3) is 4.00. The number of nitrogens with one attached hydrogen (secondary N) is 1. The zero-order valence-corrected chi connectivity index (χ0v) is 11.0. The van der Waals surface area contributed by atoms with Crippen LogP contribution in [0, 0.1) is 10.1 Å². The first kappa shape index (κ1) is 15.1. The van der Waals surface area contributed by atoms with Crippen molar-refractivity contribution in [3.05, 3.63) is 15.9 Å². The van der Waals surface area contributed by atoms with Crippen molar-refractivity contribution in [1.82, 2.24) is 9.97 Å². The van der Waals surface area contributed by atoms with Crippen LogP contribution < -0.4 is 10.1 Å². The summed E-state index contributed by atoms with van der Waals surface area (Å²) in [5.74, 6) is 0.276. The van der Waals surface area contributed by atoms with Crippen molar-refractivity contribution >= 4 is 11.5 Å². The van der Waals surface area contributed by atoms with Gasteiger partial charge >= 0.3 is 5.69 Å². The van der Waals surface area contributed by atoms with Crippen molar-refractivity contribution in [2.45, 2.75) is 6.61 Å².